The molecular formula is C15H22IN. The summed E-state index contributed by atoms with van der Waals surface area (Å²) in [4.78, 5) is 0. The first-order chi connectivity index (χ1) is 8.25. The highest BCUT2D eigenvalue weighted by Gasteiger charge is 2.11. The highest BCUT2D eigenvalue weighted by Crippen LogP contribution is 2.23. The van der Waals surface area contributed by atoms with Crippen LogP contribution in [0.3, 0.4) is 0 Å². The summed E-state index contributed by atoms with van der Waals surface area (Å²) in [6.45, 7) is 2.20. The monoisotopic (exact) mass is 343 g/mol. The van der Waals surface area contributed by atoms with Crippen molar-refractivity contribution in [3.05, 3.63) is 27.3 Å². The molecule has 0 saturated heterocycles. The summed E-state index contributed by atoms with van der Waals surface area (Å²) in [6.07, 6.45) is 9.74. The standard InChI is InChI=1S/C15H22IN/c1-12-11-13(16)9-10-15(12)17-14-7-5-3-2-4-6-8-14/h9-11,14,17H,2-8H2,1H3. The predicted molar refractivity (Wildman–Crippen MR) is 83.6 cm³/mol. The Balaban J connectivity index is 1.98. The molecule has 1 N–H and O–H groups in total. The number of aryl methyl sites for hydroxylation is 1. The maximum absolute atomic E-state index is 3.74. The maximum Gasteiger partial charge on any atom is 0.0372 e. The van der Waals surface area contributed by atoms with E-state index < -0.39 is 0 Å². The molecular weight excluding hydrogens is 321 g/mol. The summed E-state index contributed by atoms with van der Waals surface area (Å²) in [7, 11) is 0. The molecule has 0 heterocycles. The Bertz CT molecular complexity index is 354. The van der Waals surface area contributed by atoms with Crippen LogP contribution in [0.2, 0.25) is 0 Å². The SMILES string of the molecule is Cc1cc(I)ccc1NC1CCCCCCC1. The van der Waals surface area contributed by atoms with Gasteiger partial charge in [0.05, 0.1) is 0 Å². The first kappa shape index (κ1) is 13.2. The molecule has 0 unspecified atom stereocenters. The van der Waals surface area contributed by atoms with Crippen LogP contribution < -0.4 is 5.32 Å². The van der Waals surface area contributed by atoms with Crippen LogP contribution in [0.5, 0.6) is 0 Å². The van der Waals surface area contributed by atoms with Crippen molar-refractivity contribution in [1.82, 2.24) is 0 Å². The first-order valence-corrected chi connectivity index (χ1v) is 7.86. The van der Waals surface area contributed by atoms with E-state index in [9.17, 15) is 0 Å². The van der Waals surface area contributed by atoms with E-state index in [2.05, 4.69) is 53.0 Å². The molecule has 0 spiro atoms. The molecule has 0 bridgehead atoms. The van der Waals surface area contributed by atoms with Gasteiger partial charge in [-0.25, -0.2) is 0 Å². The van der Waals surface area contributed by atoms with E-state index in [-0.39, 0.29) is 0 Å². The van der Waals surface area contributed by atoms with Crippen molar-refractivity contribution in [3.63, 3.8) is 0 Å². The van der Waals surface area contributed by atoms with Gasteiger partial charge in [-0.05, 0) is 66.1 Å². The molecule has 1 aromatic rings. The first-order valence-electron chi connectivity index (χ1n) is 6.78. The van der Waals surface area contributed by atoms with Gasteiger partial charge in [-0.15, -0.1) is 0 Å². The molecule has 94 valence electrons. The lowest BCUT2D eigenvalue weighted by Crippen LogP contribution is -2.21. The highest BCUT2D eigenvalue weighted by molar-refractivity contribution is 14.1. The fraction of sp³-hybridized carbons (Fsp3) is 0.600. The molecule has 1 aliphatic carbocycles. The molecule has 1 fully saturated rings. The van der Waals surface area contributed by atoms with E-state index in [0.29, 0.717) is 6.04 Å². The quantitative estimate of drug-likeness (QED) is 0.735. The van der Waals surface area contributed by atoms with E-state index in [1.54, 1.807) is 0 Å². The third-order valence-corrected chi connectivity index (χ3v) is 4.32. The number of hydrogen-bond acceptors (Lipinski definition) is 1. The molecule has 2 rings (SSSR count). The molecule has 1 aromatic carbocycles. The smallest absolute Gasteiger partial charge is 0.0372 e. The number of benzene rings is 1. The Kier molecular flexibility index (Phi) is 5.14. The molecule has 1 aliphatic rings. The van der Waals surface area contributed by atoms with Crippen molar-refractivity contribution < 1.29 is 0 Å². The minimum Gasteiger partial charge on any atom is -0.382 e. The lowest BCUT2D eigenvalue weighted by Gasteiger charge is -2.23. The fourth-order valence-corrected chi connectivity index (χ4v) is 3.26. The third-order valence-electron chi connectivity index (χ3n) is 3.65. The van der Waals surface area contributed by atoms with Crippen LogP contribution in [0, 0.1) is 10.5 Å². The molecule has 1 nitrogen and oxygen atoms in total. The molecule has 0 aliphatic heterocycles. The second-order valence-electron chi connectivity index (χ2n) is 5.15. The van der Waals surface area contributed by atoms with Crippen LogP contribution in [0.15, 0.2) is 18.2 Å². The predicted octanol–water partition coefficient (Wildman–Crippen LogP) is 5.12. The average Bonchev–Trinajstić information content (AvgIpc) is 2.25. The summed E-state index contributed by atoms with van der Waals surface area (Å²) in [5.41, 5.74) is 2.70. The van der Waals surface area contributed by atoms with Crippen molar-refractivity contribution >= 4 is 28.3 Å². The van der Waals surface area contributed by atoms with E-state index in [1.807, 2.05) is 0 Å². The Morgan fingerprint density at radius 1 is 1.06 bits per heavy atom. The number of anilines is 1. The lowest BCUT2D eigenvalue weighted by atomic mass is 9.96. The summed E-state index contributed by atoms with van der Waals surface area (Å²) >= 11 is 2.38. The Hall–Kier alpha value is -0.250. The Labute approximate surface area is 119 Å². The van der Waals surface area contributed by atoms with Gasteiger partial charge in [-0.1, -0.05) is 32.1 Å². The van der Waals surface area contributed by atoms with Crippen LogP contribution in [0.1, 0.15) is 50.5 Å². The van der Waals surface area contributed by atoms with E-state index in [1.165, 1.54) is 59.8 Å². The molecule has 0 amide bonds. The minimum absolute atomic E-state index is 0.689. The van der Waals surface area contributed by atoms with E-state index in [4.69, 9.17) is 0 Å². The van der Waals surface area contributed by atoms with Gasteiger partial charge >= 0.3 is 0 Å². The second-order valence-corrected chi connectivity index (χ2v) is 6.39. The zero-order valence-corrected chi connectivity index (χ0v) is 12.8. The maximum atomic E-state index is 3.74. The molecule has 0 atom stereocenters. The second kappa shape index (κ2) is 6.62. The lowest BCUT2D eigenvalue weighted by molar-refractivity contribution is 0.471. The van der Waals surface area contributed by atoms with Crippen LogP contribution in [0.25, 0.3) is 0 Å². The largest absolute Gasteiger partial charge is 0.382 e. The van der Waals surface area contributed by atoms with Crippen molar-refractivity contribution in [2.24, 2.45) is 0 Å². The van der Waals surface area contributed by atoms with Gasteiger partial charge in [0.25, 0.3) is 0 Å². The van der Waals surface area contributed by atoms with Crippen LogP contribution >= 0.6 is 22.6 Å². The summed E-state index contributed by atoms with van der Waals surface area (Å²) in [5.74, 6) is 0. The molecule has 0 aromatic heterocycles. The molecule has 2 heteroatoms. The van der Waals surface area contributed by atoms with Crippen molar-refractivity contribution in [1.29, 1.82) is 0 Å². The number of halogens is 1. The number of nitrogens with one attached hydrogen (secondary N) is 1. The number of hydrogen-bond donors (Lipinski definition) is 1. The summed E-state index contributed by atoms with van der Waals surface area (Å²) in [6, 6.07) is 7.37. The van der Waals surface area contributed by atoms with Gasteiger partial charge in [-0.2, -0.15) is 0 Å². The summed E-state index contributed by atoms with van der Waals surface area (Å²) in [5, 5.41) is 3.74. The van der Waals surface area contributed by atoms with Crippen LogP contribution in [-0.4, -0.2) is 6.04 Å². The topological polar surface area (TPSA) is 12.0 Å². The normalized spacial score (nSPS) is 18.5. The van der Waals surface area contributed by atoms with Crippen molar-refractivity contribution in [3.8, 4) is 0 Å². The fourth-order valence-electron chi connectivity index (χ4n) is 2.61. The van der Waals surface area contributed by atoms with E-state index >= 15 is 0 Å². The minimum atomic E-state index is 0.689. The Morgan fingerprint density at radius 2 is 1.71 bits per heavy atom. The zero-order valence-electron chi connectivity index (χ0n) is 10.6. The highest BCUT2D eigenvalue weighted by atomic mass is 127. The number of rotatable bonds is 2. The van der Waals surface area contributed by atoms with Crippen molar-refractivity contribution in [2.75, 3.05) is 5.32 Å². The van der Waals surface area contributed by atoms with Gasteiger partial charge in [0.1, 0.15) is 0 Å². The van der Waals surface area contributed by atoms with Gasteiger partial charge in [0, 0.05) is 15.3 Å². The van der Waals surface area contributed by atoms with Gasteiger partial charge in [0.2, 0.25) is 0 Å². The molecule has 0 radical (unpaired) electrons. The Morgan fingerprint density at radius 3 is 2.35 bits per heavy atom. The van der Waals surface area contributed by atoms with Crippen LogP contribution in [0.4, 0.5) is 5.69 Å². The molecule has 1 saturated carbocycles. The third kappa shape index (κ3) is 4.16. The summed E-state index contributed by atoms with van der Waals surface area (Å²) < 4.78 is 1.32. The zero-order chi connectivity index (χ0) is 12.1. The average molecular weight is 343 g/mol. The molecule has 17 heavy (non-hydrogen) atoms. The van der Waals surface area contributed by atoms with Gasteiger partial charge in [-0.3, -0.25) is 0 Å². The van der Waals surface area contributed by atoms with Gasteiger partial charge in [0.15, 0.2) is 0 Å². The van der Waals surface area contributed by atoms with Crippen LogP contribution in [-0.2, 0) is 0 Å². The van der Waals surface area contributed by atoms with Gasteiger partial charge < -0.3 is 5.32 Å². The van der Waals surface area contributed by atoms with Crippen molar-refractivity contribution in [2.45, 2.75) is 57.9 Å². The van der Waals surface area contributed by atoms with E-state index in [0.717, 1.165) is 0 Å².